The van der Waals surface area contributed by atoms with Gasteiger partial charge in [0.25, 0.3) is 0 Å². The third-order valence-corrected chi connectivity index (χ3v) is 8.94. The number of unbranched alkanes of at least 4 members (excludes halogenated alkanes) is 6. The number of aldehydes is 1. The molecular weight excluding hydrogens is 488 g/mol. The summed E-state index contributed by atoms with van der Waals surface area (Å²) in [5.41, 5.74) is 2.98. The molecule has 2 heterocycles. The average Bonchev–Trinajstić information content (AvgIpc) is 3.48. The molecule has 2 saturated heterocycles. The van der Waals surface area contributed by atoms with Gasteiger partial charge in [0, 0.05) is 25.4 Å². The van der Waals surface area contributed by atoms with Crippen LogP contribution in [0.4, 0.5) is 0 Å². The van der Waals surface area contributed by atoms with Crippen molar-refractivity contribution < 1.29 is 23.7 Å². The largest absolute Gasteiger partial charge is 0.469 e. The lowest BCUT2D eigenvalue weighted by Gasteiger charge is -2.34. The molecule has 0 spiro atoms. The Hall–Kier alpha value is -1.43. The third kappa shape index (κ3) is 9.86. The van der Waals surface area contributed by atoms with Crippen LogP contribution < -0.4 is 0 Å². The molecule has 220 valence electrons. The van der Waals surface area contributed by atoms with Gasteiger partial charge in [-0.2, -0.15) is 0 Å². The lowest BCUT2D eigenvalue weighted by molar-refractivity contribution is -0.200. The van der Waals surface area contributed by atoms with Crippen molar-refractivity contribution in [2.75, 3.05) is 13.2 Å². The number of fused-ring (bicyclic) bond motifs is 1. The van der Waals surface area contributed by atoms with Crippen LogP contribution in [0.15, 0.2) is 35.1 Å². The Morgan fingerprint density at radius 2 is 1.62 bits per heavy atom. The summed E-state index contributed by atoms with van der Waals surface area (Å²) in [4.78, 5) is 10.8. The first kappa shape index (κ1) is 30.5. The van der Waals surface area contributed by atoms with E-state index in [1.165, 1.54) is 44.1 Å². The molecule has 1 saturated carbocycles. The van der Waals surface area contributed by atoms with Crippen molar-refractivity contribution in [2.24, 2.45) is 17.8 Å². The predicted molar refractivity (Wildman–Crippen MR) is 156 cm³/mol. The average molecular weight is 543 g/mol. The minimum absolute atomic E-state index is 0.0841. The van der Waals surface area contributed by atoms with E-state index in [1.54, 1.807) is 5.57 Å². The Bertz CT molecular complexity index is 813. The molecule has 0 aromatic carbocycles. The van der Waals surface area contributed by atoms with Crippen molar-refractivity contribution >= 4 is 6.29 Å². The van der Waals surface area contributed by atoms with E-state index in [1.807, 2.05) is 0 Å². The number of rotatable bonds is 16. The van der Waals surface area contributed by atoms with Crippen LogP contribution in [0.25, 0.3) is 0 Å². The van der Waals surface area contributed by atoms with E-state index in [0.717, 1.165) is 89.5 Å². The fourth-order valence-corrected chi connectivity index (χ4v) is 6.91. The van der Waals surface area contributed by atoms with Gasteiger partial charge in [-0.05, 0) is 122 Å². The monoisotopic (exact) mass is 542 g/mol. The second-order valence-corrected chi connectivity index (χ2v) is 12.4. The number of ether oxygens (including phenoxy) is 4. The Morgan fingerprint density at radius 3 is 2.31 bits per heavy atom. The molecule has 2 aliphatic heterocycles. The molecule has 3 fully saturated rings. The number of hydrogen-bond acceptors (Lipinski definition) is 5. The maximum Gasteiger partial charge on any atom is 0.199 e. The molecule has 0 aromatic rings. The molecule has 0 amide bonds. The molecular formula is C34H54O5. The van der Waals surface area contributed by atoms with Gasteiger partial charge in [0.2, 0.25) is 0 Å². The van der Waals surface area contributed by atoms with Gasteiger partial charge in [-0.1, -0.05) is 29.7 Å². The van der Waals surface area contributed by atoms with Gasteiger partial charge in [0.1, 0.15) is 12.0 Å². The Morgan fingerprint density at radius 1 is 0.897 bits per heavy atom. The van der Waals surface area contributed by atoms with Crippen LogP contribution in [0.5, 0.6) is 0 Å². The van der Waals surface area contributed by atoms with Crippen LogP contribution in [-0.2, 0) is 23.7 Å². The smallest absolute Gasteiger partial charge is 0.199 e. The van der Waals surface area contributed by atoms with E-state index >= 15 is 0 Å². The van der Waals surface area contributed by atoms with E-state index in [-0.39, 0.29) is 24.6 Å². The first-order valence-electron chi connectivity index (χ1n) is 16.2. The first-order chi connectivity index (χ1) is 19.1. The van der Waals surface area contributed by atoms with E-state index < -0.39 is 0 Å². The van der Waals surface area contributed by atoms with Crippen molar-refractivity contribution in [1.29, 1.82) is 0 Å². The van der Waals surface area contributed by atoms with Gasteiger partial charge >= 0.3 is 0 Å². The lowest BCUT2D eigenvalue weighted by atomic mass is 9.87. The molecule has 0 bridgehead atoms. The highest BCUT2D eigenvalue weighted by molar-refractivity contribution is 5.48. The highest BCUT2D eigenvalue weighted by Gasteiger charge is 2.49. The molecule has 4 rings (SSSR count). The van der Waals surface area contributed by atoms with Crippen LogP contribution >= 0.6 is 0 Å². The van der Waals surface area contributed by atoms with Crippen molar-refractivity contribution in [3.05, 3.63) is 35.1 Å². The highest BCUT2D eigenvalue weighted by Crippen LogP contribution is 2.52. The molecule has 6 atom stereocenters. The molecule has 4 aliphatic rings. The van der Waals surface area contributed by atoms with Gasteiger partial charge in [-0.3, -0.25) is 0 Å². The van der Waals surface area contributed by atoms with Crippen molar-refractivity contribution in [1.82, 2.24) is 0 Å². The predicted octanol–water partition coefficient (Wildman–Crippen LogP) is 8.58. The zero-order chi connectivity index (χ0) is 27.3. The maximum atomic E-state index is 10.8. The second kappa shape index (κ2) is 16.7. The van der Waals surface area contributed by atoms with E-state index in [4.69, 9.17) is 18.9 Å². The van der Waals surface area contributed by atoms with Crippen LogP contribution in [0.2, 0.25) is 0 Å². The molecule has 2 unspecified atom stereocenters. The third-order valence-electron chi connectivity index (χ3n) is 8.94. The fourth-order valence-electron chi connectivity index (χ4n) is 6.91. The molecule has 2 aliphatic carbocycles. The van der Waals surface area contributed by atoms with E-state index in [2.05, 4.69) is 32.1 Å². The summed E-state index contributed by atoms with van der Waals surface area (Å²) in [6, 6.07) is 0. The molecule has 0 aromatic heterocycles. The zero-order valence-corrected chi connectivity index (χ0v) is 24.7. The summed E-state index contributed by atoms with van der Waals surface area (Å²) in [5, 5.41) is 0. The van der Waals surface area contributed by atoms with Crippen molar-refractivity contribution in [2.45, 2.75) is 142 Å². The number of carbonyl (C=O) groups excluding carboxylic acids is 1. The summed E-state index contributed by atoms with van der Waals surface area (Å²) in [7, 11) is 0. The van der Waals surface area contributed by atoms with Crippen molar-refractivity contribution in [3.63, 3.8) is 0 Å². The highest BCUT2D eigenvalue weighted by atomic mass is 16.7. The van der Waals surface area contributed by atoms with Gasteiger partial charge in [-0.15, -0.1) is 0 Å². The Labute approximate surface area is 237 Å². The van der Waals surface area contributed by atoms with Crippen LogP contribution in [0.1, 0.15) is 123 Å². The summed E-state index contributed by atoms with van der Waals surface area (Å²) in [6.45, 7) is 5.96. The van der Waals surface area contributed by atoms with Crippen LogP contribution in [0, 0.1) is 17.8 Å². The van der Waals surface area contributed by atoms with Gasteiger partial charge in [-0.25, -0.2) is 0 Å². The maximum absolute atomic E-state index is 10.8. The SMILES string of the molecule is CC(C)=CCCCCCC=C(OC1CCCCO1)[C@H]1[C@@H]2CC(CCCCC=O)=C[C@@H]2C[C@@H]1OC1CCCCO1. The fraction of sp³-hybridized carbons (Fsp3) is 0.794. The van der Waals surface area contributed by atoms with Crippen LogP contribution in [-0.4, -0.2) is 38.2 Å². The summed E-state index contributed by atoms with van der Waals surface area (Å²) in [5.74, 6) is 2.43. The normalized spacial score (nSPS) is 31.0. The second-order valence-electron chi connectivity index (χ2n) is 12.4. The zero-order valence-electron chi connectivity index (χ0n) is 24.7. The molecule has 5 heteroatoms. The van der Waals surface area contributed by atoms with E-state index in [0.29, 0.717) is 18.3 Å². The topological polar surface area (TPSA) is 54.0 Å². The Balaban J connectivity index is 1.45. The van der Waals surface area contributed by atoms with E-state index in [9.17, 15) is 4.79 Å². The van der Waals surface area contributed by atoms with Gasteiger partial charge in [0.05, 0.1) is 12.7 Å². The van der Waals surface area contributed by atoms with Gasteiger partial charge in [0.15, 0.2) is 12.6 Å². The summed E-state index contributed by atoms with van der Waals surface area (Å²) < 4.78 is 25.6. The van der Waals surface area contributed by atoms with Gasteiger partial charge < -0.3 is 23.7 Å². The molecule has 0 radical (unpaired) electrons. The quantitative estimate of drug-likeness (QED) is 0.0846. The summed E-state index contributed by atoms with van der Waals surface area (Å²) >= 11 is 0. The number of allylic oxidation sites excluding steroid dienone is 5. The molecule has 39 heavy (non-hydrogen) atoms. The lowest BCUT2D eigenvalue weighted by Crippen LogP contribution is -2.34. The molecule has 5 nitrogen and oxygen atoms in total. The first-order valence-corrected chi connectivity index (χ1v) is 16.2. The number of hydrogen-bond donors (Lipinski definition) is 0. The minimum atomic E-state index is -0.134. The number of carbonyl (C=O) groups is 1. The van der Waals surface area contributed by atoms with Crippen LogP contribution in [0.3, 0.4) is 0 Å². The minimum Gasteiger partial charge on any atom is -0.469 e. The summed E-state index contributed by atoms with van der Waals surface area (Å²) in [6.07, 6.45) is 26.8. The molecule has 0 N–H and O–H groups in total. The standard InChI is InChI=1S/C34H54O5/c1-26(2)15-7-4-3-5-9-17-30(38-32-18-10-13-21-36-32)34-29-24-27(16-8-6-12-20-35)23-28(29)25-31(34)39-33-19-11-14-22-37-33/h15,17,20,23,28-29,31-34H,3-14,16,18-19,21-22,24-25H2,1-2H3/t28-,29-,31+,32?,33?,34-/m1/s1. The van der Waals surface area contributed by atoms with Crippen molar-refractivity contribution in [3.8, 4) is 0 Å². The Kier molecular flexibility index (Phi) is 13.1.